The van der Waals surface area contributed by atoms with Crippen molar-refractivity contribution in [1.29, 1.82) is 5.26 Å². The second kappa shape index (κ2) is 5.59. The first-order valence-electron chi connectivity index (χ1n) is 5.46. The summed E-state index contributed by atoms with van der Waals surface area (Å²) in [6.07, 6.45) is 1.26. The maximum absolute atomic E-state index is 11.0. The van der Waals surface area contributed by atoms with Gasteiger partial charge in [0, 0.05) is 4.47 Å². The number of halogens is 1. The van der Waals surface area contributed by atoms with Crippen LogP contribution in [0.25, 0.3) is 0 Å². The van der Waals surface area contributed by atoms with Crippen LogP contribution in [0.15, 0.2) is 34.9 Å². The van der Waals surface area contributed by atoms with E-state index in [-0.39, 0.29) is 11.3 Å². The van der Waals surface area contributed by atoms with Gasteiger partial charge in [0.2, 0.25) is 0 Å². The highest BCUT2D eigenvalue weighted by Crippen LogP contribution is 2.25. The monoisotopic (exact) mass is 332 g/mol. The van der Waals surface area contributed by atoms with E-state index in [0.717, 1.165) is 4.47 Å². The number of aromatic nitrogens is 1. The second-order valence-electron chi connectivity index (χ2n) is 3.89. The number of hydrogen-bond acceptors (Lipinski definition) is 5. The summed E-state index contributed by atoms with van der Waals surface area (Å²) in [5.74, 6) is -0.839. The normalized spacial score (nSPS) is 9.80. The molecule has 20 heavy (non-hydrogen) atoms. The standard InChI is InChI=1S/C13H9BrN4O2/c14-8-2-1-7(5-15)11(3-8)18-12-4-9(13(19)20)10(16)6-17-12/h1-4,6H,16H2,(H,17,18)(H,19,20). The zero-order valence-corrected chi connectivity index (χ0v) is 11.7. The molecule has 0 unspecified atom stereocenters. The summed E-state index contributed by atoms with van der Waals surface area (Å²) < 4.78 is 0.785. The van der Waals surface area contributed by atoms with Gasteiger partial charge < -0.3 is 16.2 Å². The molecule has 1 heterocycles. The van der Waals surface area contributed by atoms with E-state index in [1.54, 1.807) is 18.2 Å². The Hall–Kier alpha value is -2.59. The van der Waals surface area contributed by atoms with Crippen molar-refractivity contribution in [1.82, 2.24) is 4.98 Å². The summed E-state index contributed by atoms with van der Waals surface area (Å²) in [6.45, 7) is 0. The fraction of sp³-hybridized carbons (Fsp3) is 0. The van der Waals surface area contributed by atoms with Gasteiger partial charge in [-0.1, -0.05) is 15.9 Å². The van der Waals surface area contributed by atoms with Gasteiger partial charge in [0.05, 0.1) is 28.7 Å². The van der Waals surface area contributed by atoms with E-state index in [0.29, 0.717) is 17.1 Å². The molecule has 0 bridgehead atoms. The molecule has 1 aromatic carbocycles. The molecule has 0 spiro atoms. The van der Waals surface area contributed by atoms with Crippen molar-refractivity contribution in [2.24, 2.45) is 0 Å². The van der Waals surface area contributed by atoms with Crippen molar-refractivity contribution in [2.75, 3.05) is 11.1 Å². The van der Waals surface area contributed by atoms with Gasteiger partial charge in [-0.3, -0.25) is 0 Å². The smallest absolute Gasteiger partial charge is 0.337 e. The Morgan fingerprint density at radius 2 is 2.20 bits per heavy atom. The molecule has 100 valence electrons. The molecule has 4 N–H and O–H groups in total. The molecule has 0 fully saturated rings. The molecule has 0 saturated heterocycles. The zero-order chi connectivity index (χ0) is 14.7. The summed E-state index contributed by atoms with van der Waals surface area (Å²) in [4.78, 5) is 15.0. The molecule has 2 aromatic rings. The molecule has 7 heteroatoms. The lowest BCUT2D eigenvalue weighted by Gasteiger charge is -2.09. The predicted molar refractivity (Wildman–Crippen MR) is 77.7 cm³/mol. The molecule has 0 aliphatic heterocycles. The largest absolute Gasteiger partial charge is 0.478 e. The number of nitrogen functional groups attached to an aromatic ring is 1. The van der Waals surface area contributed by atoms with Gasteiger partial charge in [-0.05, 0) is 24.3 Å². The molecule has 0 atom stereocenters. The Labute approximate surface area is 123 Å². The average Bonchev–Trinajstić information content (AvgIpc) is 2.41. The third-order valence-electron chi connectivity index (χ3n) is 2.53. The van der Waals surface area contributed by atoms with Crippen LogP contribution in [0.1, 0.15) is 15.9 Å². The summed E-state index contributed by atoms with van der Waals surface area (Å²) in [5.41, 5.74) is 6.51. The number of nitrogens with two attached hydrogens (primary N) is 1. The number of nitrogens with one attached hydrogen (secondary N) is 1. The number of anilines is 3. The van der Waals surface area contributed by atoms with E-state index in [2.05, 4.69) is 26.2 Å². The molecule has 2 rings (SSSR count). The van der Waals surface area contributed by atoms with Gasteiger partial charge in [0.25, 0.3) is 0 Å². The second-order valence-corrected chi connectivity index (χ2v) is 4.80. The van der Waals surface area contributed by atoms with Gasteiger partial charge >= 0.3 is 5.97 Å². The Balaban J connectivity index is 2.40. The lowest BCUT2D eigenvalue weighted by Crippen LogP contribution is -2.05. The number of aromatic carboxylic acids is 1. The minimum Gasteiger partial charge on any atom is -0.478 e. The van der Waals surface area contributed by atoms with E-state index in [9.17, 15) is 4.79 Å². The van der Waals surface area contributed by atoms with Crippen LogP contribution in [-0.2, 0) is 0 Å². The number of pyridine rings is 1. The zero-order valence-electron chi connectivity index (χ0n) is 10.1. The molecule has 0 aliphatic carbocycles. The van der Waals surface area contributed by atoms with Gasteiger partial charge in [-0.25, -0.2) is 9.78 Å². The Morgan fingerprint density at radius 3 is 2.85 bits per heavy atom. The molecular formula is C13H9BrN4O2. The van der Waals surface area contributed by atoms with Crippen molar-refractivity contribution in [3.8, 4) is 6.07 Å². The van der Waals surface area contributed by atoms with Crippen molar-refractivity contribution in [3.63, 3.8) is 0 Å². The van der Waals surface area contributed by atoms with E-state index in [1.807, 2.05) is 6.07 Å². The van der Waals surface area contributed by atoms with Gasteiger partial charge in [-0.2, -0.15) is 5.26 Å². The first-order chi connectivity index (χ1) is 9.51. The number of hydrogen-bond donors (Lipinski definition) is 3. The van der Waals surface area contributed by atoms with Gasteiger partial charge in [0.1, 0.15) is 11.9 Å². The van der Waals surface area contributed by atoms with Gasteiger partial charge in [-0.15, -0.1) is 0 Å². The van der Waals surface area contributed by atoms with Crippen LogP contribution in [0.2, 0.25) is 0 Å². The fourth-order valence-corrected chi connectivity index (χ4v) is 1.94. The SMILES string of the molecule is N#Cc1ccc(Br)cc1Nc1cc(C(=O)O)c(N)cn1. The molecule has 0 saturated carbocycles. The van der Waals surface area contributed by atoms with E-state index in [4.69, 9.17) is 16.1 Å². The number of carboxylic acid groups (broad SMARTS) is 1. The van der Waals surface area contributed by atoms with Crippen LogP contribution < -0.4 is 11.1 Å². The molecule has 0 amide bonds. The summed E-state index contributed by atoms with van der Waals surface area (Å²) >= 11 is 3.30. The highest BCUT2D eigenvalue weighted by molar-refractivity contribution is 9.10. The molecule has 1 aromatic heterocycles. The first-order valence-corrected chi connectivity index (χ1v) is 6.26. The maximum atomic E-state index is 11.0. The number of carbonyl (C=O) groups is 1. The molecular weight excluding hydrogens is 324 g/mol. The Morgan fingerprint density at radius 1 is 1.45 bits per heavy atom. The van der Waals surface area contributed by atoms with E-state index in [1.165, 1.54) is 12.3 Å². The lowest BCUT2D eigenvalue weighted by atomic mass is 10.2. The number of nitrogens with zero attached hydrogens (tertiary/aromatic N) is 2. The van der Waals surface area contributed by atoms with E-state index >= 15 is 0 Å². The first kappa shape index (κ1) is 13.8. The number of carboxylic acids is 1. The number of rotatable bonds is 3. The fourth-order valence-electron chi connectivity index (χ4n) is 1.57. The number of benzene rings is 1. The quantitative estimate of drug-likeness (QED) is 0.796. The van der Waals surface area contributed by atoms with Crippen molar-refractivity contribution < 1.29 is 9.90 Å². The third-order valence-corrected chi connectivity index (χ3v) is 3.02. The molecule has 6 nitrogen and oxygen atoms in total. The Kier molecular flexibility index (Phi) is 3.86. The maximum Gasteiger partial charge on any atom is 0.337 e. The lowest BCUT2D eigenvalue weighted by molar-refractivity contribution is 0.0698. The summed E-state index contributed by atoms with van der Waals surface area (Å²) in [5, 5.41) is 20.9. The third kappa shape index (κ3) is 2.87. The van der Waals surface area contributed by atoms with Crippen molar-refractivity contribution >= 4 is 39.1 Å². The van der Waals surface area contributed by atoms with Crippen molar-refractivity contribution in [2.45, 2.75) is 0 Å². The van der Waals surface area contributed by atoms with Crippen LogP contribution in [0.3, 0.4) is 0 Å². The van der Waals surface area contributed by atoms with E-state index < -0.39 is 5.97 Å². The Bertz CT molecular complexity index is 725. The van der Waals surface area contributed by atoms with Crippen LogP contribution in [-0.4, -0.2) is 16.1 Å². The minimum atomic E-state index is -1.14. The summed E-state index contributed by atoms with van der Waals surface area (Å²) in [6, 6.07) is 8.44. The van der Waals surface area contributed by atoms with Crippen LogP contribution in [0.5, 0.6) is 0 Å². The highest BCUT2D eigenvalue weighted by atomic mass is 79.9. The minimum absolute atomic E-state index is 0.0454. The summed E-state index contributed by atoms with van der Waals surface area (Å²) in [7, 11) is 0. The average molecular weight is 333 g/mol. The molecule has 0 radical (unpaired) electrons. The predicted octanol–water partition coefficient (Wildman–Crippen LogP) is 2.74. The van der Waals surface area contributed by atoms with Crippen LogP contribution in [0, 0.1) is 11.3 Å². The van der Waals surface area contributed by atoms with Crippen LogP contribution >= 0.6 is 15.9 Å². The number of nitriles is 1. The highest BCUT2D eigenvalue weighted by Gasteiger charge is 2.11. The molecule has 0 aliphatic rings. The van der Waals surface area contributed by atoms with Crippen LogP contribution in [0.4, 0.5) is 17.2 Å². The topological polar surface area (TPSA) is 112 Å². The van der Waals surface area contributed by atoms with Crippen molar-refractivity contribution in [3.05, 3.63) is 46.1 Å². The van der Waals surface area contributed by atoms with Gasteiger partial charge in [0.15, 0.2) is 0 Å².